The minimum absolute atomic E-state index is 0.122. The third kappa shape index (κ3) is 4.03. The van der Waals surface area contributed by atoms with E-state index in [1.165, 1.54) is 18.4 Å². The number of aryl methyl sites for hydroxylation is 1. The first-order chi connectivity index (χ1) is 17.1. The molecule has 6 rings (SSSR count). The van der Waals surface area contributed by atoms with E-state index in [4.69, 9.17) is 20.1 Å². The Balaban J connectivity index is 1.47. The van der Waals surface area contributed by atoms with Gasteiger partial charge in [0.15, 0.2) is 11.6 Å². The fourth-order valence-electron chi connectivity index (χ4n) is 4.66. The average molecular weight is 467 g/mol. The molecule has 1 unspecified atom stereocenters. The molecule has 8 nitrogen and oxygen atoms in total. The molecule has 4 heterocycles. The molecular formula is C27H30N8. The predicted octanol–water partition coefficient (Wildman–Crippen LogP) is 5.79. The van der Waals surface area contributed by atoms with E-state index >= 15 is 0 Å². The van der Waals surface area contributed by atoms with Gasteiger partial charge in [-0.15, -0.1) is 0 Å². The molecule has 0 saturated heterocycles. The smallest absolute Gasteiger partial charge is 0.165 e. The first kappa shape index (κ1) is 21.7. The largest absolute Gasteiger partial charge is 0.361 e. The van der Waals surface area contributed by atoms with Crippen LogP contribution in [0.25, 0.3) is 33.3 Å². The van der Waals surface area contributed by atoms with Gasteiger partial charge in [-0.25, -0.2) is 9.97 Å². The second kappa shape index (κ2) is 8.76. The number of pyridine rings is 1. The van der Waals surface area contributed by atoms with E-state index in [9.17, 15) is 0 Å². The molecule has 8 heteroatoms. The van der Waals surface area contributed by atoms with Gasteiger partial charge in [-0.1, -0.05) is 25.1 Å². The lowest BCUT2D eigenvalue weighted by Crippen LogP contribution is -2.16. The Kier molecular flexibility index (Phi) is 5.43. The maximum Gasteiger partial charge on any atom is 0.165 e. The molecule has 1 aliphatic rings. The summed E-state index contributed by atoms with van der Waals surface area (Å²) in [6, 6.07) is 10.9. The highest BCUT2D eigenvalue weighted by Crippen LogP contribution is 2.44. The van der Waals surface area contributed by atoms with Crippen LogP contribution >= 0.6 is 0 Å². The summed E-state index contributed by atoms with van der Waals surface area (Å²) in [5, 5.41) is 14.1. The second-order valence-corrected chi connectivity index (χ2v) is 9.48. The topological polar surface area (TPSA) is 86.3 Å². The van der Waals surface area contributed by atoms with Crippen LogP contribution in [0.2, 0.25) is 0 Å². The van der Waals surface area contributed by atoms with Gasteiger partial charge in [-0.2, -0.15) is 10.2 Å². The Bertz CT molecular complexity index is 1500. The van der Waals surface area contributed by atoms with Crippen molar-refractivity contribution in [3.8, 4) is 11.4 Å². The first-order valence-corrected chi connectivity index (χ1v) is 12.5. The first-order valence-electron chi connectivity index (χ1n) is 12.5. The molecular weight excluding hydrogens is 436 g/mol. The normalized spacial score (nSPS) is 15.5. The van der Waals surface area contributed by atoms with Crippen molar-refractivity contribution in [2.24, 2.45) is 5.92 Å². The Morgan fingerprint density at radius 2 is 1.89 bits per heavy atom. The quantitative estimate of drug-likeness (QED) is 0.311. The van der Waals surface area contributed by atoms with Crippen LogP contribution in [0.5, 0.6) is 0 Å². The minimum atomic E-state index is 0.122. The van der Waals surface area contributed by atoms with Gasteiger partial charge in [0, 0.05) is 30.4 Å². The third-order valence-corrected chi connectivity index (χ3v) is 7.02. The van der Waals surface area contributed by atoms with Gasteiger partial charge in [0.05, 0.1) is 29.5 Å². The molecule has 1 aromatic carbocycles. The van der Waals surface area contributed by atoms with Crippen LogP contribution in [0.15, 0.2) is 55.1 Å². The van der Waals surface area contributed by atoms with Crippen molar-refractivity contribution in [2.45, 2.75) is 58.7 Å². The molecule has 1 saturated carbocycles. The van der Waals surface area contributed by atoms with Crippen LogP contribution in [-0.4, -0.2) is 34.5 Å². The zero-order valence-corrected chi connectivity index (χ0v) is 20.4. The van der Waals surface area contributed by atoms with E-state index in [0.717, 1.165) is 46.3 Å². The SMILES string of the molecule is CCC(C)n1ncc2nc(-c3cnn(CC)c3)nc(N[C@@H](c3cnc4ccccc4c3)C3CC3)c21. The minimum Gasteiger partial charge on any atom is -0.361 e. The van der Waals surface area contributed by atoms with Crippen LogP contribution in [0.4, 0.5) is 5.82 Å². The molecule has 1 N–H and O–H groups in total. The van der Waals surface area contributed by atoms with Crippen molar-refractivity contribution in [3.05, 3.63) is 60.7 Å². The van der Waals surface area contributed by atoms with Gasteiger partial charge in [0.2, 0.25) is 0 Å². The summed E-state index contributed by atoms with van der Waals surface area (Å²) in [6.45, 7) is 7.23. The Morgan fingerprint density at radius 1 is 1.03 bits per heavy atom. The predicted molar refractivity (Wildman–Crippen MR) is 138 cm³/mol. The molecule has 1 aliphatic carbocycles. The number of hydrogen-bond donors (Lipinski definition) is 1. The van der Waals surface area contributed by atoms with Gasteiger partial charge in [-0.3, -0.25) is 14.3 Å². The second-order valence-electron chi connectivity index (χ2n) is 9.48. The molecule has 0 aliphatic heterocycles. The van der Waals surface area contributed by atoms with Crippen molar-refractivity contribution in [3.63, 3.8) is 0 Å². The zero-order valence-electron chi connectivity index (χ0n) is 20.4. The highest BCUT2D eigenvalue weighted by atomic mass is 15.3. The number of benzene rings is 1. The van der Waals surface area contributed by atoms with E-state index in [1.54, 1.807) is 0 Å². The van der Waals surface area contributed by atoms with Gasteiger partial charge in [0.25, 0.3) is 0 Å². The van der Waals surface area contributed by atoms with E-state index in [0.29, 0.717) is 11.7 Å². The van der Waals surface area contributed by atoms with Crippen LogP contribution < -0.4 is 5.32 Å². The number of aromatic nitrogens is 7. The summed E-state index contributed by atoms with van der Waals surface area (Å²) in [7, 11) is 0. The number of nitrogens with zero attached hydrogens (tertiary/aromatic N) is 7. The van der Waals surface area contributed by atoms with E-state index in [1.807, 2.05) is 35.5 Å². The maximum absolute atomic E-state index is 5.05. The van der Waals surface area contributed by atoms with E-state index < -0.39 is 0 Å². The molecule has 0 spiro atoms. The number of hydrogen-bond acceptors (Lipinski definition) is 6. The van der Waals surface area contributed by atoms with E-state index in [-0.39, 0.29) is 12.1 Å². The summed E-state index contributed by atoms with van der Waals surface area (Å²) < 4.78 is 3.95. The molecule has 2 atom stereocenters. The van der Waals surface area contributed by atoms with Crippen molar-refractivity contribution < 1.29 is 0 Å². The van der Waals surface area contributed by atoms with Crippen molar-refractivity contribution >= 4 is 27.8 Å². The van der Waals surface area contributed by atoms with Gasteiger partial charge in [0.1, 0.15) is 11.0 Å². The highest BCUT2D eigenvalue weighted by molar-refractivity contribution is 5.88. The summed E-state index contributed by atoms with van der Waals surface area (Å²) in [4.78, 5) is 14.7. The number of fused-ring (bicyclic) bond motifs is 2. The lowest BCUT2D eigenvalue weighted by molar-refractivity contribution is 0.492. The van der Waals surface area contributed by atoms with Gasteiger partial charge < -0.3 is 5.32 Å². The number of rotatable bonds is 8. The van der Waals surface area contributed by atoms with Crippen molar-refractivity contribution in [1.82, 2.24) is 34.5 Å². The highest BCUT2D eigenvalue weighted by Gasteiger charge is 2.34. The third-order valence-electron chi connectivity index (χ3n) is 7.02. The molecule has 1 fully saturated rings. The lowest BCUT2D eigenvalue weighted by Gasteiger charge is -2.21. The van der Waals surface area contributed by atoms with Crippen LogP contribution in [-0.2, 0) is 6.54 Å². The molecule has 0 amide bonds. The van der Waals surface area contributed by atoms with Crippen molar-refractivity contribution in [2.75, 3.05) is 5.32 Å². The average Bonchev–Trinajstić information content (AvgIpc) is 3.45. The maximum atomic E-state index is 5.05. The number of para-hydroxylation sites is 1. The Morgan fingerprint density at radius 3 is 2.66 bits per heavy atom. The Hall–Kier alpha value is -3.81. The summed E-state index contributed by atoms with van der Waals surface area (Å²) in [5.74, 6) is 2.03. The monoisotopic (exact) mass is 466 g/mol. The Labute approximate surface area is 204 Å². The standard InChI is InChI=1S/C27H30N8/c1-4-17(3)35-25-23(15-30-35)31-26(21-14-29-34(5-2)16-21)33-27(25)32-24(18-10-11-18)20-12-19-8-6-7-9-22(19)28-13-20/h6-9,12-18,24H,4-5,10-11H2,1-3H3,(H,31,32,33)/t17?,24-/m1/s1. The zero-order chi connectivity index (χ0) is 23.9. The fraction of sp³-hybridized carbons (Fsp3) is 0.370. The van der Waals surface area contributed by atoms with Gasteiger partial charge >= 0.3 is 0 Å². The van der Waals surface area contributed by atoms with Crippen LogP contribution in [0, 0.1) is 5.92 Å². The molecule has 0 radical (unpaired) electrons. The molecule has 0 bridgehead atoms. The summed E-state index contributed by atoms with van der Waals surface area (Å²) in [6.07, 6.45) is 11.1. The van der Waals surface area contributed by atoms with Crippen LogP contribution in [0.1, 0.15) is 57.7 Å². The summed E-state index contributed by atoms with van der Waals surface area (Å²) in [5.41, 5.74) is 4.90. The van der Waals surface area contributed by atoms with Crippen molar-refractivity contribution in [1.29, 1.82) is 0 Å². The molecule has 178 valence electrons. The van der Waals surface area contributed by atoms with E-state index in [2.05, 4.69) is 60.1 Å². The molecule has 5 aromatic rings. The fourth-order valence-corrected chi connectivity index (χ4v) is 4.66. The number of anilines is 1. The number of nitrogens with one attached hydrogen (secondary N) is 1. The molecule has 4 aromatic heterocycles. The molecule has 35 heavy (non-hydrogen) atoms. The lowest BCUT2D eigenvalue weighted by atomic mass is 10.0. The van der Waals surface area contributed by atoms with Gasteiger partial charge in [-0.05, 0) is 56.7 Å². The summed E-state index contributed by atoms with van der Waals surface area (Å²) >= 11 is 0. The van der Waals surface area contributed by atoms with Crippen LogP contribution in [0.3, 0.4) is 0 Å².